The first-order chi connectivity index (χ1) is 8.44. The third-order valence-electron chi connectivity index (χ3n) is 2.95. The maximum Gasteiger partial charge on any atom is 0.323 e. The summed E-state index contributed by atoms with van der Waals surface area (Å²) in [4.78, 5) is 13.5. The van der Waals surface area contributed by atoms with Crippen LogP contribution in [0.4, 0.5) is 0 Å². The van der Waals surface area contributed by atoms with Crippen molar-refractivity contribution in [3.63, 3.8) is 0 Å². The van der Waals surface area contributed by atoms with Crippen LogP contribution in [0.3, 0.4) is 0 Å². The van der Waals surface area contributed by atoms with Crippen molar-refractivity contribution >= 4 is 5.97 Å². The maximum atomic E-state index is 11.4. The lowest BCUT2D eigenvalue weighted by atomic mass is 9.93. The SMILES string of the molecule is CN(C)CCNC(C)(Cc1ccccc1)C(=O)O. The van der Waals surface area contributed by atoms with Gasteiger partial charge in [-0.3, -0.25) is 4.79 Å². The Bertz CT molecular complexity index is 379. The summed E-state index contributed by atoms with van der Waals surface area (Å²) in [5, 5.41) is 12.5. The predicted octanol–water partition coefficient (Wildman–Crippen LogP) is 1.22. The van der Waals surface area contributed by atoms with E-state index in [2.05, 4.69) is 5.32 Å². The highest BCUT2D eigenvalue weighted by atomic mass is 16.4. The average Bonchev–Trinajstić information content (AvgIpc) is 2.29. The molecule has 4 heteroatoms. The van der Waals surface area contributed by atoms with E-state index in [9.17, 15) is 9.90 Å². The average molecular weight is 250 g/mol. The second kappa shape index (κ2) is 6.52. The van der Waals surface area contributed by atoms with Crippen molar-refractivity contribution in [2.45, 2.75) is 18.9 Å². The van der Waals surface area contributed by atoms with E-state index in [-0.39, 0.29) is 0 Å². The van der Waals surface area contributed by atoms with Gasteiger partial charge in [0.15, 0.2) is 0 Å². The zero-order valence-electron chi connectivity index (χ0n) is 11.3. The van der Waals surface area contributed by atoms with Gasteiger partial charge in [0, 0.05) is 19.5 Å². The molecule has 0 aliphatic carbocycles. The number of aliphatic carboxylic acids is 1. The van der Waals surface area contributed by atoms with Crippen LogP contribution in [0.1, 0.15) is 12.5 Å². The monoisotopic (exact) mass is 250 g/mol. The van der Waals surface area contributed by atoms with Gasteiger partial charge in [0.05, 0.1) is 0 Å². The fraction of sp³-hybridized carbons (Fsp3) is 0.500. The molecule has 1 atom stereocenters. The zero-order valence-corrected chi connectivity index (χ0v) is 11.3. The second-order valence-electron chi connectivity index (χ2n) is 5.03. The van der Waals surface area contributed by atoms with E-state index in [1.54, 1.807) is 6.92 Å². The standard InChI is InChI=1S/C14H22N2O2/c1-14(13(17)18,15-9-10-16(2)3)11-12-7-5-4-6-8-12/h4-8,15H,9-11H2,1-3H3,(H,17,18). The molecule has 0 aromatic heterocycles. The minimum atomic E-state index is -0.919. The second-order valence-corrected chi connectivity index (χ2v) is 5.03. The minimum Gasteiger partial charge on any atom is -0.480 e. The smallest absolute Gasteiger partial charge is 0.323 e. The summed E-state index contributed by atoms with van der Waals surface area (Å²) in [5.41, 5.74) is 0.108. The van der Waals surface area contributed by atoms with Gasteiger partial charge in [-0.2, -0.15) is 0 Å². The molecule has 0 aliphatic heterocycles. The summed E-state index contributed by atoms with van der Waals surface area (Å²) in [6, 6.07) is 9.69. The Balaban J connectivity index is 2.66. The zero-order chi connectivity index (χ0) is 13.6. The van der Waals surface area contributed by atoms with Crippen LogP contribution >= 0.6 is 0 Å². The Kier molecular flexibility index (Phi) is 5.31. The molecule has 2 N–H and O–H groups in total. The predicted molar refractivity (Wildman–Crippen MR) is 72.7 cm³/mol. The number of carboxylic acids is 1. The van der Waals surface area contributed by atoms with Crippen LogP contribution in [0.2, 0.25) is 0 Å². The molecule has 0 radical (unpaired) electrons. The van der Waals surface area contributed by atoms with Gasteiger partial charge in [-0.1, -0.05) is 30.3 Å². The maximum absolute atomic E-state index is 11.4. The summed E-state index contributed by atoms with van der Waals surface area (Å²) in [6.07, 6.45) is 0.483. The molecule has 0 heterocycles. The molecule has 0 saturated heterocycles. The Morgan fingerprint density at radius 1 is 1.33 bits per heavy atom. The van der Waals surface area contributed by atoms with Gasteiger partial charge in [-0.15, -0.1) is 0 Å². The number of nitrogens with one attached hydrogen (secondary N) is 1. The van der Waals surface area contributed by atoms with Gasteiger partial charge in [0.1, 0.15) is 5.54 Å². The van der Waals surface area contributed by atoms with Crippen molar-refractivity contribution in [3.8, 4) is 0 Å². The number of hydrogen-bond acceptors (Lipinski definition) is 3. The normalized spacial score (nSPS) is 14.4. The third-order valence-corrected chi connectivity index (χ3v) is 2.95. The third kappa shape index (κ3) is 4.47. The molecule has 1 aromatic rings. The quantitative estimate of drug-likeness (QED) is 0.764. The van der Waals surface area contributed by atoms with Gasteiger partial charge < -0.3 is 15.3 Å². The molecule has 1 rings (SSSR count). The van der Waals surface area contributed by atoms with Crippen molar-refractivity contribution in [3.05, 3.63) is 35.9 Å². The Labute approximate surface area is 109 Å². The fourth-order valence-electron chi connectivity index (χ4n) is 1.77. The van der Waals surface area contributed by atoms with Crippen LogP contribution in [-0.4, -0.2) is 48.7 Å². The van der Waals surface area contributed by atoms with Crippen LogP contribution < -0.4 is 5.32 Å². The molecule has 18 heavy (non-hydrogen) atoms. The Morgan fingerprint density at radius 2 is 1.94 bits per heavy atom. The van der Waals surface area contributed by atoms with E-state index >= 15 is 0 Å². The first kappa shape index (κ1) is 14.7. The number of hydrogen-bond donors (Lipinski definition) is 2. The molecule has 0 spiro atoms. The molecule has 4 nitrogen and oxygen atoms in total. The lowest BCUT2D eigenvalue weighted by molar-refractivity contribution is -0.144. The first-order valence-corrected chi connectivity index (χ1v) is 6.11. The van der Waals surface area contributed by atoms with E-state index in [1.807, 2.05) is 49.3 Å². The molecule has 1 unspecified atom stereocenters. The van der Waals surface area contributed by atoms with E-state index in [0.29, 0.717) is 13.0 Å². The molecule has 1 aromatic carbocycles. The number of likely N-dealkylation sites (N-methyl/N-ethyl adjacent to an activating group) is 1. The summed E-state index contributed by atoms with van der Waals surface area (Å²) >= 11 is 0. The van der Waals surface area contributed by atoms with Crippen molar-refractivity contribution < 1.29 is 9.90 Å². The minimum absolute atomic E-state index is 0.483. The molecular weight excluding hydrogens is 228 g/mol. The van der Waals surface area contributed by atoms with Crippen LogP contribution in [0, 0.1) is 0 Å². The van der Waals surface area contributed by atoms with Gasteiger partial charge in [-0.05, 0) is 26.6 Å². The Hall–Kier alpha value is -1.39. The van der Waals surface area contributed by atoms with E-state index in [0.717, 1.165) is 12.1 Å². The van der Waals surface area contributed by atoms with Crippen molar-refractivity contribution in [2.24, 2.45) is 0 Å². The largest absolute Gasteiger partial charge is 0.480 e. The summed E-state index contributed by atoms with van der Waals surface area (Å²) < 4.78 is 0. The highest BCUT2D eigenvalue weighted by Gasteiger charge is 2.32. The molecule has 0 aliphatic rings. The molecule has 0 bridgehead atoms. The number of nitrogens with zero attached hydrogens (tertiary/aromatic N) is 1. The number of rotatable bonds is 7. The summed E-state index contributed by atoms with van der Waals surface area (Å²) in [7, 11) is 3.94. The van der Waals surface area contributed by atoms with Crippen molar-refractivity contribution in [2.75, 3.05) is 27.2 Å². The molecule has 100 valence electrons. The lowest BCUT2D eigenvalue weighted by Gasteiger charge is -2.27. The first-order valence-electron chi connectivity index (χ1n) is 6.11. The topological polar surface area (TPSA) is 52.6 Å². The van der Waals surface area contributed by atoms with Crippen LogP contribution in [-0.2, 0) is 11.2 Å². The summed E-state index contributed by atoms with van der Waals surface area (Å²) in [6.45, 7) is 3.21. The highest BCUT2D eigenvalue weighted by molar-refractivity contribution is 5.78. The molecule has 0 saturated carbocycles. The van der Waals surface area contributed by atoms with Gasteiger partial charge in [0.2, 0.25) is 0 Å². The van der Waals surface area contributed by atoms with E-state index < -0.39 is 11.5 Å². The van der Waals surface area contributed by atoms with E-state index in [4.69, 9.17) is 0 Å². The number of benzene rings is 1. The number of carboxylic acid groups (broad SMARTS) is 1. The van der Waals surface area contributed by atoms with Gasteiger partial charge in [-0.25, -0.2) is 0 Å². The highest BCUT2D eigenvalue weighted by Crippen LogP contribution is 2.13. The Morgan fingerprint density at radius 3 is 2.44 bits per heavy atom. The fourth-order valence-corrected chi connectivity index (χ4v) is 1.77. The van der Waals surface area contributed by atoms with Crippen molar-refractivity contribution in [1.82, 2.24) is 10.2 Å². The van der Waals surface area contributed by atoms with Gasteiger partial charge >= 0.3 is 5.97 Å². The van der Waals surface area contributed by atoms with Gasteiger partial charge in [0.25, 0.3) is 0 Å². The van der Waals surface area contributed by atoms with Crippen LogP contribution in [0.25, 0.3) is 0 Å². The molecule has 0 amide bonds. The van der Waals surface area contributed by atoms with Crippen LogP contribution in [0.15, 0.2) is 30.3 Å². The molecular formula is C14H22N2O2. The van der Waals surface area contributed by atoms with E-state index in [1.165, 1.54) is 0 Å². The summed E-state index contributed by atoms with van der Waals surface area (Å²) in [5.74, 6) is -0.815. The lowest BCUT2D eigenvalue weighted by Crippen LogP contribution is -2.52. The van der Waals surface area contributed by atoms with Crippen LogP contribution in [0.5, 0.6) is 0 Å². The van der Waals surface area contributed by atoms with Crippen molar-refractivity contribution in [1.29, 1.82) is 0 Å². The molecule has 0 fully saturated rings. The number of carbonyl (C=O) groups is 1.